The van der Waals surface area contributed by atoms with Crippen LogP contribution in [0.1, 0.15) is 5.56 Å². The summed E-state index contributed by atoms with van der Waals surface area (Å²) in [6.45, 7) is 42.8. The topological polar surface area (TPSA) is 44.0 Å². The molecule has 0 spiro atoms. The molecular formula is C23H54N2O2Si6. The second kappa shape index (κ2) is 8.53. The summed E-state index contributed by atoms with van der Waals surface area (Å²) < 4.78 is 3.96. The van der Waals surface area contributed by atoms with E-state index in [2.05, 4.69) is 122 Å². The quantitative estimate of drug-likeness (QED) is 0.397. The zero-order valence-corrected chi connectivity index (χ0v) is 31.2. The summed E-state index contributed by atoms with van der Waals surface area (Å²) in [4.78, 5) is 29.1. The van der Waals surface area contributed by atoms with Gasteiger partial charge in [-0.3, -0.25) is 9.03 Å². The second-order valence-electron chi connectivity index (χ2n) is 16.1. The number of hydrogen-bond donors (Lipinski definition) is 0. The predicted molar refractivity (Wildman–Crippen MR) is 167 cm³/mol. The average Bonchev–Trinajstić information content (AvgIpc) is 2.40. The highest BCUT2D eigenvalue weighted by atomic mass is 28.5. The van der Waals surface area contributed by atoms with Gasteiger partial charge in [0.05, 0.1) is 32.3 Å². The molecule has 0 aliphatic heterocycles. The molecule has 10 heteroatoms. The lowest BCUT2D eigenvalue weighted by Crippen LogP contribution is -2.80. The monoisotopic (exact) mass is 558 g/mol. The van der Waals surface area contributed by atoms with Gasteiger partial charge >= 0.3 is 5.69 Å². The number of hydrogen-bond acceptors (Lipinski definition) is 2. The molecule has 0 fully saturated rings. The predicted octanol–water partition coefficient (Wildman–Crippen LogP) is 5.79. The number of nitrogens with zero attached hydrogens (tertiary/aromatic N) is 2. The molecule has 0 bridgehead atoms. The second-order valence-corrected chi connectivity index (χ2v) is 47.9. The van der Waals surface area contributed by atoms with Gasteiger partial charge in [0, 0.05) is 10.9 Å². The van der Waals surface area contributed by atoms with Gasteiger partial charge in [-0.1, -0.05) is 118 Å². The van der Waals surface area contributed by atoms with Gasteiger partial charge in [0.15, 0.2) is 16.5 Å². The minimum Gasteiger partial charge on any atom is -0.330 e. The Bertz CT molecular complexity index is 979. The fourth-order valence-electron chi connectivity index (χ4n) is 7.37. The molecule has 1 aromatic heterocycles. The van der Waals surface area contributed by atoms with Crippen LogP contribution in [0.15, 0.2) is 9.59 Å². The van der Waals surface area contributed by atoms with E-state index < -0.39 is 48.8 Å². The first-order chi connectivity index (χ1) is 14.1. The van der Waals surface area contributed by atoms with Gasteiger partial charge in [0.25, 0.3) is 5.56 Å². The molecule has 0 aromatic carbocycles. The fraction of sp³-hybridized carbons (Fsp3) is 0.826. The highest BCUT2D eigenvalue weighted by molar-refractivity contribution is 7.15. The minimum atomic E-state index is -2.25. The van der Waals surface area contributed by atoms with Crippen LogP contribution in [0.5, 0.6) is 0 Å². The SMILES string of the molecule is C[Si](C)(C)c1c(C([Si](C)(C)C)([Si](C)(C)C)[Si](C)(C)C)c(=O)n([Si](C)(C)C)c(=O)n1[Si](C)(C)C. The van der Waals surface area contributed by atoms with Gasteiger partial charge in [0.2, 0.25) is 0 Å². The third-order valence-corrected chi connectivity index (χ3v) is 33.7. The van der Waals surface area contributed by atoms with Crippen molar-refractivity contribution >= 4 is 54.1 Å². The van der Waals surface area contributed by atoms with Crippen molar-refractivity contribution in [3.05, 3.63) is 26.4 Å². The van der Waals surface area contributed by atoms with Crippen LogP contribution in [-0.4, -0.2) is 57.2 Å². The summed E-state index contributed by atoms with van der Waals surface area (Å²) in [5, 5.41) is 1.19. The van der Waals surface area contributed by atoms with Crippen LogP contribution in [0.25, 0.3) is 0 Å². The zero-order valence-electron chi connectivity index (χ0n) is 25.2. The maximum absolute atomic E-state index is 14.9. The van der Waals surface area contributed by atoms with E-state index in [1.165, 1.54) is 5.32 Å². The Labute approximate surface area is 210 Å². The van der Waals surface area contributed by atoms with Crippen molar-refractivity contribution in [3.63, 3.8) is 0 Å². The fourth-order valence-corrected chi connectivity index (χ4v) is 44.4. The molecule has 0 saturated heterocycles. The van der Waals surface area contributed by atoms with Gasteiger partial charge in [-0.2, -0.15) is 0 Å². The van der Waals surface area contributed by atoms with Crippen molar-refractivity contribution in [1.29, 1.82) is 0 Å². The molecule has 0 radical (unpaired) electrons. The molecule has 0 amide bonds. The van der Waals surface area contributed by atoms with Crippen molar-refractivity contribution in [3.8, 4) is 0 Å². The van der Waals surface area contributed by atoms with Gasteiger partial charge in [-0.25, -0.2) is 4.79 Å². The smallest absolute Gasteiger partial charge is 0.314 e. The van der Waals surface area contributed by atoms with Crippen LogP contribution < -0.4 is 16.6 Å². The van der Waals surface area contributed by atoms with E-state index >= 15 is 0 Å². The molecule has 0 saturated carbocycles. The highest BCUT2D eigenvalue weighted by Gasteiger charge is 2.63. The van der Waals surface area contributed by atoms with Crippen LogP contribution in [0, 0.1) is 0 Å². The summed E-state index contributed by atoms with van der Waals surface area (Å²) in [7, 11) is -12.2. The largest absolute Gasteiger partial charge is 0.330 e. The molecule has 0 aliphatic carbocycles. The Morgan fingerprint density at radius 3 is 1.03 bits per heavy atom. The molecule has 1 aromatic rings. The molecule has 0 aliphatic rings. The normalized spacial score (nSPS) is 15.2. The Morgan fingerprint density at radius 2 is 0.818 bits per heavy atom. The molecule has 0 atom stereocenters. The molecule has 0 unspecified atom stereocenters. The molecular weight excluding hydrogens is 505 g/mol. The number of rotatable bonds is 7. The summed E-state index contributed by atoms with van der Waals surface area (Å²) in [6, 6.07) is 0. The highest BCUT2D eigenvalue weighted by Crippen LogP contribution is 2.48. The molecule has 192 valence electrons. The first kappa shape index (κ1) is 31.0. The summed E-state index contributed by atoms with van der Waals surface area (Å²) in [5.74, 6) is 0. The number of aromatic nitrogens is 2. The van der Waals surface area contributed by atoms with Crippen molar-refractivity contribution in [2.24, 2.45) is 0 Å². The molecule has 1 heterocycles. The lowest BCUT2D eigenvalue weighted by molar-refractivity contribution is 0.828. The molecule has 0 N–H and O–H groups in total. The Balaban J connectivity index is 5.00. The van der Waals surface area contributed by atoms with E-state index in [0.717, 1.165) is 5.56 Å². The van der Waals surface area contributed by atoms with Gasteiger partial charge in [0.1, 0.15) is 0 Å². The maximum Gasteiger partial charge on any atom is 0.314 e. The van der Waals surface area contributed by atoms with E-state index in [1.807, 2.05) is 0 Å². The first-order valence-electron chi connectivity index (χ1n) is 12.5. The van der Waals surface area contributed by atoms with Crippen molar-refractivity contribution < 1.29 is 0 Å². The van der Waals surface area contributed by atoms with E-state index in [-0.39, 0.29) is 15.5 Å². The van der Waals surface area contributed by atoms with E-state index in [0.29, 0.717) is 0 Å². The maximum atomic E-state index is 14.9. The Hall–Kier alpha value is -0.0187. The molecule has 1 rings (SSSR count). The van der Waals surface area contributed by atoms with Crippen LogP contribution in [0.4, 0.5) is 0 Å². The van der Waals surface area contributed by atoms with E-state index in [1.54, 1.807) is 4.23 Å². The van der Waals surface area contributed by atoms with Gasteiger partial charge in [-0.15, -0.1) is 0 Å². The average molecular weight is 559 g/mol. The van der Waals surface area contributed by atoms with Crippen molar-refractivity contribution in [1.82, 2.24) is 8.47 Å². The Morgan fingerprint density at radius 1 is 0.515 bits per heavy atom. The minimum absolute atomic E-state index is 0.0184. The summed E-state index contributed by atoms with van der Waals surface area (Å²) >= 11 is 0. The summed E-state index contributed by atoms with van der Waals surface area (Å²) in [5.41, 5.74) is 1.18. The van der Waals surface area contributed by atoms with Crippen molar-refractivity contribution in [2.75, 3.05) is 0 Å². The van der Waals surface area contributed by atoms with Crippen molar-refractivity contribution in [2.45, 2.75) is 122 Å². The third-order valence-electron chi connectivity index (χ3n) is 7.06. The Kier molecular flexibility index (Phi) is 8.02. The molecule has 33 heavy (non-hydrogen) atoms. The lowest BCUT2D eigenvalue weighted by atomic mass is 10.3. The standard InChI is InChI=1S/C23H54N2O2Si6/c1-28(2,3)21-19(23(29(4,5)6,30(7,8)9)31(10,11)12)20(26)24(32(13,14)15)22(27)25(21)33(16,17)18/h1-18H3. The van der Waals surface area contributed by atoms with Crippen LogP contribution >= 0.6 is 0 Å². The first-order valence-corrected chi connectivity index (χ1v) is 33.4. The van der Waals surface area contributed by atoms with Crippen LogP contribution in [0.2, 0.25) is 118 Å². The van der Waals surface area contributed by atoms with Crippen LogP contribution in [0.3, 0.4) is 0 Å². The van der Waals surface area contributed by atoms with Gasteiger partial charge < -0.3 is 4.23 Å². The zero-order chi connectivity index (χ0) is 27.0. The molecule has 4 nitrogen and oxygen atoms in total. The van der Waals surface area contributed by atoms with E-state index in [4.69, 9.17) is 0 Å². The summed E-state index contributed by atoms with van der Waals surface area (Å²) in [6.07, 6.45) is 0. The lowest BCUT2D eigenvalue weighted by Gasteiger charge is -2.60. The third kappa shape index (κ3) is 5.11. The van der Waals surface area contributed by atoms with E-state index in [9.17, 15) is 9.59 Å². The van der Waals surface area contributed by atoms with Crippen LogP contribution in [-0.2, 0) is 4.28 Å². The van der Waals surface area contributed by atoms with Gasteiger partial charge in [-0.05, 0) is 4.28 Å².